The molecule has 1 aromatic rings. The van der Waals surface area contributed by atoms with Gasteiger partial charge in [0, 0.05) is 16.3 Å². The summed E-state index contributed by atoms with van der Waals surface area (Å²) in [7, 11) is -3.59. The molecule has 5 nitrogen and oxygen atoms in total. The van der Waals surface area contributed by atoms with E-state index in [2.05, 4.69) is 20.7 Å². The van der Waals surface area contributed by atoms with Crippen LogP contribution < -0.4 is 0 Å². The third-order valence-corrected chi connectivity index (χ3v) is 3.69. The number of esters is 1. The maximum absolute atomic E-state index is 11.8. The molecule has 0 heterocycles. The topological polar surface area (TPSA) is 77.5 Å². The third-order valence-electron chi connectivity index (χ3n) is 2.05. The van der Waals surface area contributed by atoms with E-state index in [4.69, 9.17) is 0 Å². The van der Waals surface area contributed by atoms with Crippen LogP contribution in [0.2, 0.25) is 0 Å². The van der Waals surface area contributed by atoms with Crippen LogP contribution in [-0.4, -0.2) is 33.0 Å². The van der Waals surface area contributed by atoms with Crippen molar-refractivity contribution in [3.05, 3.63) is 28.2 Å². The van der Waals surface area contributed by atoms with Gasteiger partial charge in [0.05, 0.1) is 11.5 Å². The van der Waals surface area contributed by atoms with Crippen LogP contribution in [0.15, 0.2) is 27.6 Å². The highest BCUT2D eigenvalue weighted by molar-refractivity contribution is 9.10. The summed E-state index contributed by atoms with van der Waals surface area (Å²) in [5, 5.41) is 0. The molecule has 18 heavy (non-hydrogen) atoms. The predicted molar refractivity (Wildman–Crippen MR) is 68.2 cm³/mol. The van der Waals surface area contributed by atoms with Gasteiger partial charge in [0.1, 0.15) is 0 Å². The minimum Gasteiger partial charge on any atom is -0.460 e. The van der Waals surface area contributed by atoms with Gasteiger partial charge in [-0.15, -0.1) is 0 Å². The van der Waals surface area contributed by atoms with Crippen molar-refractivity contribution in [1.29, 1.82) is 0 Å². The zero-order chi connectivity index (χ0) is 13.9. The van der Waals surface area contributed by atoms with E-state index < -0.39 is 21.6 Å². The number of hydrogen-bond acceptors (Lipinski definition) is 5. The standard InChI is InChI=1S/C11H11BrO5S/c1-3-17-11(14)10(13)8-6-7(12)4-5-9(8)18(2,15)16/h4-6H,3H2,1-2H3. The lowest BCUT2D eigenvalue weighted by Gasteiger charge is -2.07. The average Bonchev–Trinajstić information content (AvgIpc) is 2.26. The van der Waals surface area contributed by atoms with Gasteiger partial charge < -0.3 is 4.74 Å². The van der Waals surface area contributed by atoms with Crippen LogP contribution in [0.5, 0.6) is 0 Å². The zero-order valence-corrected chi connectivity index (χ0v) is 12.2. The van der Waals surface area contributed by atoms with Gasteiger partial charge in [-0.05, 0) is 25.1 Å². The molecular weight excluding hydrogens is 324 g/mol. The number of Topliss-reactive ketones (excluding diaryl/α,β-unsaturated/α-hetero) is 1. The first-order chi connectivity index (χ1) is 8.27. The highest BCUT2D eigenvalue weighted by atomic mass is 79.9. The number of carbonyl (C=O) groups excluding carboxylic acids is 2. The molecule has 7 heteroatoms. The highest BCUT2D eigenvalue weighted by Gasteiger charge is 2.25. The maximum atomic E-state index is 11.8. The van der Waals surface area contributed by atoms with Crippen molar-refractivity contribution in [2.75, 3.05) is 12.9 Å². The van der Waals surface area contributed by atoms with E-state index in [0.29, 0.717) is 4.47 Å². The molecule has 0 bridgehead atoms. The van der Waals surface area contributed by atoms with Crippen molar-refractivity contribution in [2.24, 2.45) is 0 Å². The minimum absolute atomic E-state index is 0.0484. The number of benzene rings is 1. The molecule has 0 radical (unpaired) electrons. The number of rotatable bonds is 4. The van der Waals surface area contributed by atoms with Crippen LogP contribution in [-0.2, 0) is 19.4 Å². The number of halogens is 1. The fourth-order valence-electron chi connectivity index (χ4n) is 1.31. The van der Waals surface area contributed by atoms with E-state index in [1.807, 2.05) is 0 Å². The lowest BCUT2D eigenvalue weighted by atomic mass is 10.1. The van der Waals surface area contributed by atoms with Gasteiger partial charge in [0.15, 0.2) is 9.84 Å². The van der Waals surface area contributed by atoms with Gasteiger partial charge in [-0.25, -0.2) is 13.2 Å². The van der Waals surface area contributed by atoms with Crippen molar-refractivity contribution in [3.8, 4) is 0 Å². The number of ketones is 1. The first kappa shape index (κ1) is 14.8. The van der Waals surface area contributed by atoms with E-state index in [9.17, 15) is 18.0 Å². The lowest BCUT2D eigenvalue weighted by molar-refractivity contribution is -0.137. The Kier molecular flexibility index (Phi) is 4.64. The first-order valence-electron chi connectivity index (χ1n) is 4.98. The molecule has 0 atom stereocenters. The molecule has 0 fully saturated rings. The second-order valence-corrected chi connectivity index (χ2v) is 6.36. The van der Waals surface area contributed by atoms with E-state index in [1.165, 1.54) is 18.2 Å². The molecule has 0 aromatic heterocycles. The zero-order valence-electron chi connectivity index (χ0n) is 9.77. The Hall–Kier alpha value is -1.21. The summed E-state index contributed by atoms with van der Waals surface area (Å²) < 4.78 is 28.1. The number of ether oxygens (including phenoxy) is 1. The molecule has 0 saturated heterocycles. The van der Waals surface area contributed by atoms with E-state index in [-0.39, 0.29) is 17.1 Å². The summed E-state index contributed by atoms with van der Waals surface area (Å²) in [5.74, 6) is -2.04. The molecule has 0 aliphatic heterocycles. The summed E-state index contributed by atoms with van der Waals surface area (Å²) in [6, 6.07) is 4.04. The van der Waals surface area contributed by atoms with Gasteiger partial charge in [0.25, 0.3) is 5.78 Å². The van der Waals surface area contributed by atoms with Crippen LogP contribution in [0, 0.1) is 0 Å². The van der Waals surface area contributed by atoms with Crippen LogP contribution >= 0.6 is 15.9 Å². The summed E-state index contributed by atoms with van der Waals surface area (Å²) in [6.45, 7) is 1.61. The van der Waals surface area contributed by atoms with Crippen LogP contribution in [0.1, 0.15) is 17.3 Å². The van der Waals surface area contributed by atoms with Crippen LogP contribution in [0.25, 0.3) is 0 Å². The third kappa shape index (κ3) is 3.39. The largest absolute Gasteiger partial charge is 0.460 e. The normalized spacial score (nSPS) is 11.1. The van der Waals surface area contributed by atoms with Crippen LogP contribution in [0.4, 0.5) is 0 Å². The smallest absolute Gasteiger partial charge is 0.379 e. The van der Waals surface area contributed by atoms with Gasteiger partial charge in [-0.2, -0.15) is 0 Å². The monoisotopic (exact) mass is 334 g/mol. The Morgan fingerprint density at radius 3 is 2.44 bits per heavy atom. The molecule has 0 aliphatic rings. The van der Waals surface area contributed by atoms with Crippen molar-refractivity contribution in [3.63, 3.8) is 0 Å². The lowest BCUT2D eigenvalue weighted by Crippen LogP contribution is -2.20. The van der Waals surface area contributed by atoms with E-state index in [1.54, 1.807) is 6.92 Å². The Morgan fingerprint density at radius 1 is 1.33 bits per heavy atom. The second kappa shape index (κ2) is 5.62. The van der Waals surface area contributed by atoms with Gasteiger partial charge in [-0.1, -0.05) is 15.9 Å². The molecule has 98 valence electrons. The maximum Gasteiger partial charge on any atom is 0.379 e. The molecule has 0 saturated carbocycles. The molecule has 0 spiro atoms. The number of carbonyl (C=O) groups is 2. The summed E-state index contributed by atoms with van der Waals surface area (Å²) in [5.41, 5.74) is -0.190. The molecule has 0 N–H and O–H groups in total. The van der Waals surface area contributed by atoms with Crippen LogP contribution in [0.3, 0.4) is 0 Å². The molecule has 0 amide bonds. The molecule has 1 aromatic carbocycles. The average molecular weight is 335 g/mol. The van der Waals surface area contributed by atoms with Gasteiger partial charge in [0.2, 0.25) is 0 Å². The SMILES string of the molecule is CCOC(=O)C(=O)c1cc(Br)ccc1S(C)(=O)=O. The van der Waals surface area contributed by atoms with Crippen molar-refractivity contribution in [1.82, 2.24) is 0 Å². The Labute approximate surface area is 113 Å². The van der Waals surface area contributed by atoms with E-state index >= 15 is 0 Å². The quantitative estimate of drug-likeness (QED) is 0.474. The predicted octanol–water partition coefficient (Wildman–Crippen LogP) is 1.60. The summed E-state index contributed by atoms with van der Waals surface area (Å²) in [6.07, 6.45) is 0.970. The first-order valence-corrected chi connectivity index (χ1v) is 7.67. The minimum atomic E-state index is -3.59. The molecular formula is C11H11BrO5S. The van der Waals surface area contributed by atoms with Crippen molar-refractivity contribution < 1.29 is 22.7 Å². The molecule has 0 unspecified atom stereocenters. The summed E-state index contributed by atoms with van der Waals surface area (Å²) >= 11 is 3.12. The number of sulfone groups is 1. The molecule has 0 aliphatic carbocycles. The van der Waals surface area contributed by atoms with Crippen molar-refractivity contribution >= 4 is 37.5 Å². The van der Waals surface area contributed by atoms with Crippen molar-refractivity contribution in [2.45, 2.75) is 11.8 Å². The Balaban J connectivity index is 3.35. The summed E-state index contributed by atoms with van der Waals surface area (Å²) in [4.78, 5) is 23.0. The Bertz CT molecular complexity index is 591. The highest BCUT2D eigenvalue weighted by Crippen LogP contribution is 2.21. The van der Waals surface area contributed by atoms with E-state index in [0.717, 1.165) is 6.26 Å². The Morgan fingerprint density at radius 2 is 1.94 bits per heavy atom. The second-order valence-electron chi connectivity index (χ2n) is 3.46. The fourth-order valence-corrected chi connectivity index (χ4v) is 2.54. The van der Waals surface area contributed by atoms with Gasteiger partial charge >= 0.3 is 5.97 Å². The van der Waals surface area contributed by atoms with Gasteiger partial charge in [-0.3, -0.25) is 4.79 Å². The molecule has 1 rings (SSSR count). The number of hydrogen-bond donors (Lipinski definition) is 0. The fraction of sp³-hybridized carbons (Fsp3) is 0.273.